The van der Waals surface area contributed by atoms with Crippen LogP contribution in [0.5, 0.6) is 0 Å². The maximum atomic E-state index is 11.3. The number of ether oxygens (including phenoxy) is 2. The van der Waals surface area contributed by atoms with Gasteiger partial charge in [0.05, 0.1) is 24.8 Å². The van der Waals surface area contributed by atoms with Crippen molar-refractivity contribution in [3.63, 3.8) is 0 Å². The Bertz CT molecular complexity index is 610. The highest BCUT2D eigenvalue weighted by Gasteiger charge is 2.30. The Hall–Kier alpha value is -2.40. The monoisotopic (exact) mass is 412 g/mol. The molecule has 1 aromatic rings. The molecule has 1 N–H and O–H groups in total. The summed E-state index contributed by atoms with van der Waals surface area (Å²) in [6, 6.07) is 8.24. The number of nitrogens with zero attached hydrogens (tertiary/aromatic N) is 1. The number of carbonyl (C=O) groups is 3. The van der Waals surface area contributed by atoms with E-state index in [1.165, 1.54) is 6.92 Å². The Morgan fingerprint density at radius 2 is 1.76 bits per heavy atom. The van der Waals surface area contributed by atoms with Gasteiger partial charge in [0.25, 0.3) is 0 Å². The second kappa shape index (κ2) is 13.0. The van der Waals surface area contributed by atoms with Crippen LogP contribution in [-0.4, -0.2) is 37.1 Å². The maximum absolute atomic E-state index is 11.3. The van der Waals surface area contributed by atoms with E-state index in [0.717, 1.165) is 16.5 Å². The SMILES string of the molecule is CCOC(=O)C(NC(C)=O)C(=O)OCC.N#Cc1cccc(CBr)c1. The van der Waals surface area contributed by atoms with Crippen molar-refractivity contribution in [1.82, 2.24) is 5.32 Å². The fourth-order valence-electron chi connectivity index (χ4n) is 1.59. The van der Waals surface area contributed by atoms with Gasteiger partial charge in [0.1, 0.15) is 0 Å². The Kier molecular flexibility index (Phi) is 11.7. The molecule has 0 aromatic heterocycles. The van der Waals surface area contributed by atoms with Crippen LogP contribution in [0.2, 0.25) is 0 Å². The number of esters is 2. The first-order chi connectivity index (χ1) is 11.9. The number of alkyl halides is 1. The van der Waals surface area contributed by atoms with E-state index in [4.69, 9.17) is 5.26 Å². The summed E-state index contributed by atoms with van der Waals surface area (Å²) in [4.78, 5) is 33.3. The Balaban J connectivity index is 0.000000496. The molecule has 0 fully saturated rings. The lowest BCUT2D eigenvalue weighted by Crippen LogP contribution is -2.47. The average molecular weight is 413 g/mol. The molecule has 7 nitrogen and oxygen atoms in total. The second-order valence-electron chi connectivity index (χ2n) is 4.58. The number of nitriles is 1. The third-order valence-corrected chi connectivity index (χ3v) is 3.25. The van der Waals surface area contributed by atoms with Crippen LogP contribution >= 0.6 is 15.9 Å². The van der Waals surface area contributed by atoms with Crippen molar-refractivity contribution in [2.75, 3.05) is 13.2 Å². The summed E-state index contributed by atoms with van der Waals surface area (Å²) < 4.78 is 9.24. The minimum absolute atomic E-state index is 0.133. The zero-order chi connectivity index (χ0) is 19.2. The van der Waals surface area contributed by atoms with Gasteiger partial charge in [0.15, 0.2) is 0 Å². The van der Waals surface area contributed by atoms with Crippen molar-refractivity contribution in [3.05, 3.63) is 35.4 Å². The molecular weight excluding hydrogens is 392 g/mol. The fourth-order valence-corrected chi connectivity index (χ4v) is 1.94. The average Bonchev–Trinajstić information content (AvgIpc) is 2.60. The molecule has 0 radical (unpaired) electrons. The van der Waals surface area contributed by atoms with Crippen molar-refractivity contribution < 1.29 is 23.9 Å². The van der Waals surface area contributed by atoms with E-state index in [-0.39, 0.29) is 13.2 Å². The molecular formula is C17H21BrN2O5. The number of halogens is 1. The lowest BCUT2D eigenvalue weighted by Gasteiger charge is -2.14. The number of hydrogen-bond donors (Lipinski definition) is 1. The summed E-state index contributed by atoms with van der Waals surface area (Å²) in [6.45, 7) is 4.68. The molecule has 8 heteroatoms. The molecule has 0 aliphatic rings. The molecule has 1 aromatic carbocycles. The number of rotatable bonds is 6. The highest BCUT2D eigenvalue weighted by atomic mass is 79.9. The molecule has 136 valence electrons. The zero-order valence-electron chi connectivity index (χ0n) is 14.4. The van der Waals surface area contributed by atoms with Crippen molar-refractivity contribution in [2.24, 2.45) is 0 Å². The highest BCUT2D eigenvalue weighted by Crippen LogP contribution is 2.07. The Morgan fingerprint density at radius 1 is 1.20 bits per heavy atom. The number of benzene rings is 1. The van der Waals surface area contributed by atoms with Crippen LogP contribution in [0, 0.1) is 11.3 Å². The Morgan fingerprint density at radius 3 is 2.16 bits per heavy atom. The molecule has 0 bridgehead atoms. The fraction of sp³-hybridized carbons (Fsp3) is 0.412. The van der Waals surface area contributed by atoms with Crippen LogP contribution in [0.25, 0.3) is 0 Å². The first kappa shape index (κ1) is 22.6. The predicted octanol–water partition coefficient (Wildman–Crippen LogP) is 2.07. The van der Waals surface area contributed by atoms with E-state index < -0.39 is 23.9 Å². The van der Waals surface area contributed by atoms with Gasteiger partial charge in [0.2, 0.25) is 11.9 Å². The van der Waals surface area contributed by atoms with E-state index in [2.05, 4.69) is 36.8 Å². The summed E-state index contributed by atoms with van der Waals surface area (Å²) in [6.07, 6.45) is 0. The summed E-state index contributed by atoms with van der Waals surface area (Å²) in [5.41, 5.74) is 1.86. The molecule has 1 amide bonds. The number of amides is 1. The summed E-state index contributed by atoms with van der Waals surface area (Å²) in [7, 11) is 0. The van der Waals surface area contributed by atoms with E-state index >= 15 is 0 Å². The lowest BCUT2D eigenvalue weighted by atomic mass is 10.2. The van der Waals surface area contributed by atoms with E-state index in [1.807, 2.05) is 18.2 Å². The van der Waals surface area contributed by atoms with Crippen molar-refractivity contribution in [2.45, 2.75) is 32.1 Å². The van der Waals surface area contributed by atoms with Gasteiger partial charge >= 0.3 is 11.9 Å². The summed E-state index contributed by atoms with van der Waals surface area (Å²) in [5.74, 6) is -2.13. The van der Waals surface area contributed by atoms with Gasteiger partial charge in [-0.05, 0) is 31.5 Å². The van der Waals surface area contributed by atoms with Gasteiger partial charge in [-0.3, -0.25) is 4.79 Å². The topological polar surface area (TPSA) is 105 Å². The minimum atomic E-state index is -1.37. The zero-order valence-corrected chi connectivity index (χ0v) is 16.0. The molecule has 0 unspecified atom stereocenters. The maximum Gasteiger partial charge on any atom is 0.340 e. The van der Waals surface area contributed by atoms with Gasteiger partial charge < -0.3 is 14.8 Å². The second-order valence-corrected chi connectivity index (χ2v) is 5.14. The van der Waals surface area contributed by atoms with Crippen LogP contribution < -0.4 is 5.32 Å². The first-order valence-electron chi connectivity index (χ1n) is 7.54. The van der Waals surface area contributed by atoms with E-state index in [9.17, 15) is 14.4 Å². The molecule has 0 aliphatic heterocycles. The van der Waals surface area contributed by atoms with Gasteiger partial charge in [0, 0.05) is 12.3 Å². The lowest BCUT2D eigenvalue weighted by molar-refractivity contribution is -0.159. The third-order valence-electron chi connectivity index (χ3n) is 2.60. The largest absolute Gasteiger partial charge is 0.464 e. The first-order valence-corrected chi connectivity index (χ1v) is 8.67. The number of carbonyl (C=O) groups excluding carboxylic acids is 3. The molecule has 0 aliphatic carbocycles. The van der Waals surface area contributed by atoms with Crippen molar-refractivity contribution >= 4 is 33.8 Å². The van der Waals surface area contributed by atoms with Crippen molar-refractivity contribution in [3.8, 4) is 6.07 Å². The Labute approximate surface area is 155 Å². The molecule has 0 saturated carbocycles. The van der Waals surface area contributed by atoms with Crippen LogP contribution in [0.1, 0.15) is 31.9 Å². The molecule has 0 saturated heterocycles. The van der Waals surface area contributed by atoms with Gasteiger partial charge in [-0.2, -0.15) is 5.26 Å². The number of nitrogens with one attached hydrogen (secondary N) is 1. The molecule has 1 rings (SSSR count). The van der Waals surface area contributed by atoms with Crippen LogP contribution in [0.4, 0.5) is 0 Å². The quantitative estimate of drug-likeness (QED) is 0.435. The van der Waals surface area contributed by atoms with Gasteiger partial charge in [-0.25, -0.2) is 9.59 Å². The molecule has 0 atom stereocenters. The van der Waals surface area contributed by atoms with Gasteiger partial charge in [-0.1, -0.05) is 28.1 Å². The minimum Gasteiger partial charge on any atom is -0.464 e. The van der Waals surface area contributed by atoms with Crippen LogP contribution in [-0.2, 0) is 29.2 Å². The molecule has 25 heavy (non-hydrogen) atoms. The van der Waals surface area contributed by atoms with Crippen molar-refractivity contribution in [1.29, 1.82) is 5.26 Å². The van der Waals surface area contributed by atoms with Gasteiger partial charge in [-0.15, -0.1) is 0 Å². The molecule has 0 spiro atoms. The van der Waals surface area contributed by atoms with E-state index in [1.54, 1.807) is 19.9 Å². The molecule has 0 heterocycles. The standard InChI is InChI=1S/C9H15NO5.C8H6BrN/c1-4-14-8(12)7(10-6(3)11)9(13)15-5-2;9-5-7-2-1-3-8(4-7)6-10/h7H,4-5H2,1-3H3,(H,10,11);1-4H,5H2. The predicted molar refractivity (Wildman–Crippen MR) is 94.7 cm³/mol. The van der Waals surface area contributed by atoms with Crippen LogP contribution in [0.3, 0.4) is 0 Å². The number of hydrogen-bond acceptors (Lipinski definition) is 6. The smallest absolute Gasteiger partial charge is 0.340 e. The van der Waals surface area contributed by atoms with Crippen LogP contribution in [0.15, 0.2) is 24.3 Å². The highest BCUT2D eigenvalue weighted by molar-refractivity contribution is 9.08. The summed E-state index contributed by atoms with van der Waals surface area (Å²) in [5, 5.41) is 11.5. The summed E-state index contributed by atoms with van der Waals surface area (Å²) >= 11 is 3.31. The normalized spacial score (nSPS) is 9.28. The van der Waals surface area contributed by atoms with E-state index in [0.29, 0.717) is 0 Å². The third kappa shape index (κ3) is 9.47.